The van der Waals surface area contributed by atoms with Gasteiger partial charge in [0.05, 0.1) is 13.7 Å². The molecule has 0 spiro atoms. The van der Waals surface area contributed by atoms with Crippen molar-refractivity contribution in [3.05, 3.63) is 58.6 Å². The van der Waals surface area contributed by atoms with E-state index >= 15 is 0 Å². The maximum atomic E-state index is 12.4. The van der Waals surface area contributed by atoms with E-state index in [4.69, 9.17) is 21.1 Å². The second-order valence-electron chi connectivity index (χ2n) is 7.78. The van der Waals surface area contributed by atoms with Crippen molar-refractivity contribution in [1.29, 1.82) is 0 Å². The van der Waals surface area contributed by atoms with Crippen LogP contribution in [0.2, 0.25) is 5.02 Å². The van der Waals surface area contributed by atoms with Crippen LogP contribution >= 0.6 is 11.6 Å². The molecule has 1 heterocycles. The Kier molecular flexibility index (Phi) is 5.77. The lowest BCUT2D eigenvalue weighted by Crippen LogP contribution is -2.33. The quantitative estimate of drug-likeness (QED) is 0.635. The summed E-state index contributed by atoms with van der Waals surface area (Å²) in [6.45, 7) is 1.39. The Balaban J connectivity index is 1.44. The summed E-state index contributed by atoms with van der Waals surface area (Å²) in [5, 5.41) is 0.712. The molecule has 2 aliphatic rings. The highest BCUT2D eigenvalue weighted by atomic mass is 35.5. The maximum Gasteiger partial charge on any atom is 0.223 e. The Hall–Kier alpha value is -2.20. The summed E-state index contributed by atoms with van der Waals surface area (Å²) in [6, 6.07) is 14.1. The molecule has 1 amide bonds. The first-order chi connectivity index (χ1) is 13.6. The molecule has 1 aliphatic heterocycles. The summed E-state index contributed by atoms with van der Waals surface area (Å²) < 4.78 is 11.4. The van der Waals surface area contributed by atoms with Crippen LogP contribution in [0.5, 0.6) is 11.5 Å². The SMILES string of the molecule is COc1cc(CC2CCC(=O)N2Cc2ccc(Cl)cc2)ccc1OCC1CC1. The van der Waals surface area contributed by atoms with E-state index in [1.807, 2.05) is 41.3 Å². The number of rotatable bonds is 8. The molecule has 5 heteroatoms. The summed E-state index contributed by atoms with van der Waals surface area (Å²) in [7, 11) is 1.68. The number of benzene rings is 2. The zero-order valence-corrected chi connectivity index (χ0v) is 17.0. The highest BCUT2D eigenvalue weighted by Gasteiger charge is 2.31. The molecule has 28 heavy (non-hydrogen) atoms. The van der Waals surface area contributed by atoms with Crippen molar-refractivity contribution in [2.24, 2.45) is 5.92 Å². The summed E-state index contributed by atoms with van der Waals surface area (Å²) in [4.78, 5) is 14.4. The molecule has 4 rings (SSSR count). The number of amides is 1. The van der Waals surface area contributed by atoms with Crippen LogP contribution in [0, 0.1) is 5.92 Å². The van der Waals surface area contributed by atoms with E-state index < -0.39 is 0 Å². The largest absolute Gasteiger partial charge is 0.493 e. The first-order valence-electron chi connectivity index (χ1n) is 9.96. The van der Waals surface area contributed by atoms with Gasteiger partial charge in [0.2, 0.25) is 5.91 Å². The molecule has 148 valence electrons. The van der Waals surface area contributed by atoms with Gasteiger partial charge in [0, 0.05) is 24.0 Å². The van der Waals surface area contributed by atoms with Gasteiger partial charge in [-0.1, -0.05) is 29.8 Å². The minimum Gasteiger partial charge on any atom is -0.493 e. The minimum atomic E-state index is 0.200. The molecule has 1 saturated heterocycles. The standard InChI is InChI=1S/C23H26ClNO3/c1-27-22-13-18(6-10-21(22)28-15-17-2-3-17)12-20-9-11-23(26)25(20)14-16-4-7-19(24)8-5-16/h4-8,10,13,17,20H,2-3,9,11-12,14-15H2,1H3. The average molecular weight is 400 g/mol. The third-order valence-electron chi connectivity index (χ3n) is 5.59. The van der Waals surface area contributed by atoms with Crippen molar-refractivity contribution in [1.82, 2.24) is 4.90 Å². The number of hydrogen-bond acceptors (Lipinski definition) is 3. The highest BCUT2D eigenvalue weighted by Crippen LogP contribution is 2.34. The van der Waals surface area contributed by atoms with Gasteiger partial charge < -0.3 is 14.4 Å². The van der Waals surface area contributed by atoms with Crippen molar-refractivity contribution in [2.75, 3.05) is 13.7 Å². The van der Waals surface area contributed by atoms with E-state index in [0.717, 1.165) is 42.1 Å². The van der Waals surface area contributed by atoms with E-state index in [-0.39, 0.29) is 11.9 Å². The molecule has 2 aromatic carbocycles. The predicted molar refractivity (Wildman–Crippen MR) is 110 cm³/mol. The zero-order valence-electron chi connectivity index (χ0n) is 16.2. The van der Waals surface area contributed by atoms with Gasteiger partial charge in [-0.05, 0) is 67.0 Å². The monoisotopic (exact) mass is 399 g/mol. The van der Waals surface area contributed by atoms with Crippen molar-refractivity contribution >= 4 is 17.5 Å². The first-order valence-corrected chi connectivity index (χ1v) is 10.3. The number of ether oxygens (including phenoxy) is 2. The Morgan fingerprint density at radius 1 is 1.04 bits per heavy atom. The molecular formula is C23H26ClNO3. The Bertz CT molecular complexity index is 832. The molecule has 4 nitrogen and oxygen atoms in total. The fourth-order valence-electron chi connectivity index (χ4n) is 3.73. The summed E-state index contributed by atoms with van der Waals surface area (Å²) in [5.74, 6) is 2.50. The van der Waals surface area contributed by atoms with Gasteiger partial charge in [0.1, 0.15) is 0 Å². The van der Waals surface area contributed by atoms with E-state index in [9.17, 15) is 4.79 Å². The molecule has 0 radical (unpaired) electrons. The normalized spacial score (nSPS) is 19.1. The molecule has 2 fully saturated rings. The topological polar surface area (TPSA) is 38.8 Å². The van der Waals surface area contributed by atoms with Crippen LogP contribution in [0.1, 0.15) is 36.8 Å². The number of carbonyl (C=O) groups excluding carboxylic acids is 1. The molecule has 1 unspecified atom stereocenters. The van der Waals surface area contributed by atoms with Gasteiger partial charge in [-0.15, -0.1) is 0 Å². The maximum absolute atomic E-state index is 12.4. The van der Waals surface area contributed by atoms with Crippen molar-refractivity contribution < 1.29 is 14.3 Å². The molecule has 0 N–H and O–H groups in total. The van der Waals surface area contributed by atoms with Crippen molar-refractivity contribution in [3.8, 4) is 11.5 Å². The molecule has 1 aliphatic carbocycles. The second-order valence-corrected chi connectivity index (χ2v) is 8.22. The third kappa shape index (κ3) is 4.61. The summed E-state index contributed by atoms with van der Waals surface area (Å²) in [6.07, 6.45) is 4.84. The van der Waals surface area contributed by atoms with Crippen LogP contribution in [0.25, 0.3) is 0 Å². The zero-order chi connectivity index (χ0) is 19.5. The summed E-state index contributed by atoms with van der Waals surface area (Å²) in [5.41, 5.74) is 2.27. The summed E-state index contributed by atoms with van der Waals surface area (Å²) >= 11 is 5.97. The molecular weight excluding hydrogens is 374 g/mol. The Morgan fingerprint density at radius 2 is 1.79 bits per heavy atom. The van der Waals surface area contributed by atoms with E-state index in [1.165, 1.54) is 12.8 Å². The van der Waals surface area contributed by atoms with E-state index in [1.54, 1.807) is 7.11 Å². The van der Waals surface area contributed by atoms with Crippen molar-refractivity contribution in [2.45, 2.75) is 44.7 Å². The van der Waals surface area contributed by atoms with Gasteiger partial charge in [-0.3, -0.25) is 4.79 Å². The molecule has 0 bridgehead atoms. The van der Waals surface area contributed by atoms with E-state index in [0.29, 0.717) is 23.9 Å². The third-order valence-corrected chi connectivity index (χ3v) is 5.84. The van der Waals surface area contributed by atoms with Gasteiger partial charge in [-0.2, -0.15) is 0 Å². The van der Waals surface area contributed by atoms with Crippen LogP contribution in [0.4, 0.5) is 0 Å². The molecule has 1 saturated carbocycles. The van der Waals surface area contributed by atoms with Crippen LogP contribution in [-0.2, 0) is 17.8 Å². The van der Waals surface area contributed by atoms with Gasteiger partial charge >= 0.3 is 0 Å². The lowest BCUT2D eigenvalue weighted by Gasteiger charge is -2.25. The van der Waals surface area contributed by atoms with Gasteiger partial charge in [-0.25, -0.2) is 0 Å². The fraction of sp³-hybridized carbons (Fsp3) is 0.435. The number of likely N-dealkylation sites (tertiary alicyclic amines) is 1. The van der Waals surface area contributed by atoms with E-state index in [2.05, 4.69) is 6.07 Å². The number of halogens is 1. The Labute approximate surface area is 171 Å². The number of hydrogen-bond donors (Lipinski definition) is 0. The molecule has 2 aromatic rings. The first kappa shape index (κ1) is 19.1. The van der Waals surface area contributed by atoms with Gasteiger partial charge in [0.15, 0.2) is 11.5 Å². The number of nitrogens with zero attached hydrogens (tertiary/aromatic N) is 1. The lowest BCUT2D eigenvalue weighted by atomic mass is 10.0. The smallest absolute Gasteiger partial charge is 0.223 e. The lowest BCUT2D eigenvalue weighted by molar-refractivity contribution is -0.129. The van der Waals surface area contributed by atoms with Crippen LogP contribution < -0.4 is 9.47 Å². The Morgan fingerprint density at radius 3 is 2.50 bits per heavy atom. The van der Waals surface area contributed by atoms with Crippen LogP contribution in [0.3, 0.4) is 0 Å². The average Bonchev–Trinajstić information content (AvgIpc) is 3.48. The van der Waals surface area contributed by atoms with Crippen LogP contribution in [0.15, 0.2) is 42.5 Å². The second kappa shape index (κ2) is 8.44. The number of methoxy groups -OCH3 is 1. The molecule has 0 aromatic heterocycles. The minimum absolute atomic E-state index is 0.200. The molecule has 1 atom stereocenters. The number of carbonyl (C=O) groups is 1. The van der Waals surface area contributed by atoms with Crippen molar-refractivity contribution in [3.63, 3.8) is 0 Å². The van der Waals surface area contributed by atoms with Gasteiger partial charge in [0.25, 0.3) is 0 Å². The fourth-order valence-corrected chi connectivity index (χ4v) is 3.86. The highest BCUT2D eigenvalue weighted by molar-refractivity contribution is 6.30. The van der Waals surface area contributed by atoms with Crippen LogP contribution in [-0.4, -0.2) is 30.6 Å². The predicted octanol–water partition coefficient (Wildman–Crippen LogP) is 4.87.